The molecule has 0 bridgehead atoms. The van der Waals surface area contributed by atoms with E-state index in [2.05, 4.69) is 35.2 Å². The first kappa shape index (κ1) is 7.87. The van der Waals surface area contributed by atoms with Gasteiger partial charge in [0.25, 0.3) is 0 Å². The molecule has 2 aliphatic rings. The van der Waals surface area contributed by atoms with Gasteiger partial charge in [0.15, 0.2) is 0 Å². The fourth-order valence-electron chi connectivity index (χ4n) is 2.57. The number of fused-ring (bicyclic) bond motifs is 1. The van der Waals surface area contributed by atoms with Gasteiger partial charge >= 0.3 is 0 Å². The van der Waals surface area contributed by atoms with E-state index in [0.717, 1.165) is 13.1 Å². The maximum atomic E-state index is 8.80. The van der Waals surface area contributed by atoms with E-state index >= 15 is 0 Å². The summed E-state index contributed by atoms with van der Waals surface area (Å²) < 4.78 is 0. The van der Waals surface area contributed by atoms with Crippen LogP contribution in [0, 0.1) is 29.1 Å². The Balaban J connectivity index is 1.73. The summed E-state index contributed by atoms with van der Waals surface area (Å²) >= 11 is 0. The number of rotatable bonds is 1. The summed E-state index contributed by atoms with van der Waals surface area (Å²) in [7, 11) is 0. The van der Waals surface area contributed by atoms with Crippen molar-refractivity contribution in [2.24, 2.45) is 17.8 Å². The van der Waals surface area contributed by atoms with Crippen molar-refractivity contribution in [1.82, 2.24) is 0 Å². The van der Waals surface area contributed by atoms with Gasteiger partial charge in [0, 0.05) is 18.8 Å². The number of nitrogens with zero attached hydrogens (tertiary/aromatic N) is 2. The number of hydrogen-bond donors (Lipinski definition) is 0. The molecule has 1 heterocycles. The van der Waals surface area contributed by atoms with E-state index in [1.807, 2.05) is 6.07 Å². The van der Waals surface area contributed by atoms with Crippen molar-refractivity contribution in [3.05, 3.63) is 30.3 Å². The van der Waals surface area contributed by atoms with Gasteiger partial charge in [0.05, 0.1) is 12.0 Å². The highest BCUT2D eigenvalue weighted by molar-refractivity contribution is 5.49. The molecule has 14 heavy (non-hydrogen) atoms. The second-order valence-corrected chi connectivity index (χ2v) is 4.22. The van der Waals surface area contributed by atoms with Crippen LogP contribution >= 0.6 is 0 Å². The zero-order valence-electron chi connectivity index (χ0n) is 7.93. The molecule has 1 aliphatic heterocycles. The van der Waals surface area contributed by atoms with E-state index in [1.54, 1.807) is 0 Å². The minimum atomic E-state index is 0.356. The minimum absolute atomic E-state index is 0.356. The molecule has 0 amide bonds. The Kier molecular flexibility index (Phi) is 1.55. The first-order valence-corrected chi connectivity index (χ1v) is 5.10. The SMILES string of the molecule is N#C[C@H]1[C@H]2CN(c3ccccc3)C[C@@H]12. The summed E-state index contributed by atoms with van der Waals surface area (Å²) in [4.78, 5) is 2.39. The Morgan fingerprint density at radius 2 is 1.79 bits per heavy atom. The minimum Gasteiger partial charge on any atom is -0.371 e. The number of para-hydroxylation sites is 1. The summed E-state index contributed by atoms with van der Waals surface area (Å²) in [6.07, 6.45) is 0. The summed E-state index contributed by atoms with van der Waals surface area (Å²) in [5.74, 6) is 1.66. The van der Waals surface area contributed by atoms with Gasteiger partial charge in [-0.15, -0.1) is 0 Å². The Hall–Kier alpha value is -1.49. The fraction of sp³-hybridized carbons (Fsp3) is 0.417. The number of anilines is 1. The van der Waals surface area contributed by atoms with Crippen molar-refractivity contribution in [2.75, 3.05) is 18.0 Å². The topological polar surface area (TPSA) is 27.0 Å². The standard InChI is InChI=1S/C12H12N2/c13-6-10-11-7-14(8-12(10)11)9-4-2-1-3-5-9/h1-5,10-12H,7-8H2/t10-,11+,12-. The Morgan fingerprint density at radius 1 is 1.14 bits per heavy atom. The lowest BCUT2D eigenvalue weighted by Crippen LogP contribution is -2.23. The van der Waals surface area contributed by atoms with E-state index in [4.69, 9.17) is 5.26 Å². The molecule has 3 atom stereocenters. The molecule has 2 heteroatoms. The first-order valence-electron chi connectivity index (χ1n) is 5.10. The molecule has 0 spiro atoms. The van der Waals surface area contributed by atoms with E-state index in [9.17, 15) is 0 Å². The highest BCUT2D eigenvalue weighted by atomic mass is 15.2. The Bertz CT molecular complexity index is 367. The van der Waals surface area contributed by atoms with E-state index in [0.29, 0.717) is 17.8 Å². The van der Waals surface area contributed by atoms with Crippen molar-refractivity contribution in [3.8, 4) is 6.07 Å². The second-order valence-electron chi connectivity index (χ2n) is 4.22. The van der Waals surface area contributed by atoms with Gasteiger partial charge in [-0.3, -0.25) is 0 Å². The second kappa shape index (κ2) is 2.75. The molecule has 70 valence electrons. The Labute approximate surface area is 83.8 Å². The third-order valence-electron chi connectivity index (χ3n) is 3.46. The largest absolute Gasteiger partial charge is 0.371 e. The third kappa shape index (κ3) is 1.02. The molecule has 3 rings (SSSR count). The first-order chi connectivity index (χ1) is 6.90. The molecular weight excluding hydrogens is 172 g/mol. The lowest BCUT2D eigenvalue weighted by atomic mass is 10.2. The smallest absolute Gasteiger partial charge is 0.0663 e. The molecule has 2 nitrogen and oxygen atoms in total. The molecule has 1 aliphatic carbocycles. The van der Waals surface area contributed by atoms with Gasteiger partial charge in [0.2, 0.25) is 0 Å². The molecule has 1 saturated heterocycles. The fourth-order valence-corrected chi connectivity index (χ4v) is 2.57. The van der Waals surface area contributed by atoms with Crippen molar-refractivity contribution in [1.29, 1.82) is 5.26 Å². The lowest BCUT2D eigenvalue weighted by molar-refractivity contribution is 0.744. The summed E-state index contributed by atoms with van der Waals surface area (Å²) in [5.41, 5.74) is 1.30. The average molecular weight is 184 g/mol. The van der Waals surface area contributed by atoms with Gasteiger partial charge in [-0.2, -0.15) is 5.26 Å². The molecule has 0 aromatic heterocycles. The van der Waals surface area contributed by atoms with Gasteiger partial charge in [-0.05, 0) is 24.0 Å². The normalized spacial score (nSPS) is 33.6. The van der Waals surface area contributed by atoms with Crippen molar-refractivity contribution < 1.29 is 0 Å². The molecule has 0 radical (unpaired) electrons. The van der Waals surface area contributed by atoms with Crippen molar-refractivity contribution in [2.45, 2.75) is 0 Å². The number of hydrogen-bond acceptors (Lipinski definition) is 2. The zero-order valence-corrected chi connectivity index (χ0v) is 7.93. The maximum Gasteiger partial charge on any atom is 0.0663 e. The van der Waals surface area contributed by atoms with Crippen LogP contribution in [0.1, 0.15) is 0 Å². The predicted molar refractivity (Wildman–Crippen MR) is 54.7 cm³/mol. The van der Waals surface area contributed by atoms with Gasteiger partial charge in [-0.1, -0.05) is 18.2 Å². The molecule has 0 N–H and O–H groups in total. The molecule has 0 unspecified atom stereocenters. The molecule has 1 aromatic rings. The lowest BCUT2D eigenvalue weighted by Gasteiger charge is -2.20. The third-order valence-corrected chi connectivity index (χ3v) is 3.46. The Morgan fingerprint density at radius 3 is 2.36 bits per heavy atom. The number of piperidine rings is 1. The number of benzene rings is 1. The average Bonchev–Trinajstić information content (AvgIpc) is 2.72. The van der Waals surface area contributed by atoms with Crippen LogP contribution in [0.2, 0.25) is 0 Å². The molecular formula is C12H12N2. The van der Waals surface area contributed by atoms with Crippen molar-refractivity contribution in [3.63, 3.8) is 0 Å². The maximum absolute atomic E-state index is 8.80. The van der Waals surface area contributed by atoms with Crippen LogP contribution in [0.5, 0.6) is 0 Å². The van der Waals surface area contributed by atoms with E-state index in [-0.39, 0.29) is 0 Å². The monoisotopic (exact) mass is 184 g/mol. The van der Waals surface area contributed by atoms with Crippen LogP contribution in [-0.4, -0.2) is 13.1 Å². The molecule has 1 saturated carbocycles. The van der Waals surface area contributed by atoms with E-state index in [1.165, 1.54) is 5.69 Å². The van der Waals surface area contributed by atoms with Crippen LogP contribution in [0.3, 0.4) is 0 Å². The van der Waals surface area contributed by atoms with Gasteiger partial charge < -0.3 is 4.90 Å². The van der Waals surface area contributed by atoms with Gasteiger partial charge in [-0.25, -0.2) is 0 Å². The zero-order chi connectivity index (χ0) is 9.54. The van der Waals surface area contributed by atoms with Crippen LogP contribution in [-0.2, 0) is 0 Å². The number of nitriles is 1. The quantitative estimate of drug-likeness (QED) is 0.666. The van der Waals surface area contributed by atoms with E-state index < -0.39 is 0 Å². The highest BCUT2D eigenvalue weighted by Crippen LogP contribution is 2.51. The summed E-state index contributed by atoms with van der Waals surface area (Å²) in [6, 6.07) is 12.9. The summed E-state index contributed by atoms with van der Waals surface area (Å²) in [5, 5.41) is 8.80. The predicted octanol–water partition coefficient (Wildman–Crippen LogP) is 1.89. The van der Waals surface area contributed by atoms with Crippen LogP contribution in [0.4, 0.5) is 5.69 Å². The van der Waals surface area contributed by atoms with Crippen molar-refractivity contribution >= 4 is 5.69 Å². The summed E-state index contributed by atoms with van der Waals surface area (Å²) in [6.45, 7) is 2.15. The van der Waals surface area contributed by atoms with Crippen LogP contribution in [0.15, 0.2) is 30.3 Å². The van der Waals surface area contributed by atoms with Gasteiger partial charge in [0.1, 0.15) is 0 Å². The van der Waals surface area contributed by atoms with Crippen LogP contribution < -0.4 is 4.90 Å². The molecule has 2 fully saturated rings. The van der Waals surface area contributed by atoms with Crippen LogP contribution in [0.25, 0.3) is 0 Å². The molecule has 1 aromatic carbocycles. The highest BCUT2D eigenvalue weighted by Gasteiger charge is 2.56.